The molecule has 1 aromatic carbocycles. The Bertz CT molecular complexity index is 447. The Morgan fingerprint density at radius 1 is 1.42 bits per heavy atom. The van der Waals surface area contributed by atoms with E-state index in [1.807, 2.05) is 0 Å². The third-order valence-corrected chi connectivity index (χ3v) is 3.08. The van der Waals surface area contributed by atoms with E-state index in [1.165, 1.54) is 11.0 Å². The predicted molar refractivity (Wildman–Crippen MR) is 63.5 cm³/mol. The normalized spacial score (nSPS) is 19.5. The number of hydrogen-bond donors (Lipinski definition) is 1. The molecule has 1 aromatic rings. The van der Waals surface area contributed by atoms with Crippen molar-refractivity contribution in [1.82, 2.24) is 4.90 Å². The van der Waals surface area contributed by atoms with Gasteiger partial charge in [-0.15, -0.1) is 0 Å². The highest BCUT2D eigenvalue weighted by Crippen LogP contribution is 2.15. The largest absolute Gasteiger partial charge is 0.394 e. The zero-order chi connectivity index (χ0) is 13.8. The Hall–Kier alpha value is -1.53. The minimum absolute atomic E-state index is 0.183. The number of nitrogens with zero attached hydrogens (tertiary/aromatic N) is 1. The molecule has 0 aromatic heterocycles. The van der Waals surface area contributed by atoms with Gasteiger partial charge in [0.1, 0.15) is 11.6 Å². The zero-order valence-electron chi connectivity index (χ0n) is 10.3. The van der Waals surface area contributed by atoms with E-state index in [2.05, 4.69) is 0 Å². The highest BCUT2D eigenvalue weighted by Gasteiger charge is 2.25. The van der Waals surface area contributed by atoms with Gasteiger partial charge in [-0.2, -0.15) is 0 Å². The lowest BCUT2D eigenvalue weighted by Crippen LogP contribution is -2.47. The van der Waals surface area contributed by atoms with E-state index in [4.69, 9.17) is 9.84 Å². The van der Waals surface area contributed by atoms with Gasteiger partial charge in [-0.1, -0.05) is 6.07 Å². The van der Waals surface area contributed by atoms with Crippen LogP contribution in [0, 0.1) is 11.6 Å². The van der Waals surface area contributed by atoms with Crippen LogP contribution in [-0.2, 0) is 16.0 Å². The molecule has 1 N–H and O–H groups in total. The molecule has 1 unspecified atom stereocenters. The number of benzene rings is 1. The fraction of sp³-hybridized carbons (Fsp3) is 0.462. The molecule has 0 saturated carbocycles. The number of hydrogen-bond acceptors (Lipinski definition) is 3. The van der Waals surface area contributed by atoms with Crippen molar-refractivity contribution >= 4 is 5.91 Å². The van der Waals surface area contributed by atoms with E-state index >= 15 is 0 Å². The number of amides is 1. The number of aliphatic hydroxyl groups excluding tert-OH is 1. The lowest BCUT2D eigenvalue weighted by atomic mass is 10.1. The number of carbonyl (C=O) groups is 1. The molecule has 0 bridgehead atoms. The summed E-state index contributed by atoms with van der Waals surface area (Å²) in [6.45, 7) is 0.741. The van der Waals surface area contributed by atoms with Crippen LogP contribution in [0.3, 0.4) is 0 Å². The standard InChI is InChI=1S/C13H15F2NO3/c14-11-2-1-3-12(15)10(11)6-13(18)16-4-5-19-9(7-16)8-17/h1-3,9,17H,4-8H2. The molecule has 1 heterocycles. The van der Waals surface area contributed by atoms with Crippen LogP contribution in [-0.4, -0.2) is 48.3 Å². The van der Waals surface area contributed by atoms with Gasteiger partial charge in [0, 0.05) is 18.7 Å². The van der Waals surface area contributed by atoms with Crippen molar-refractivity contribution in [3.8, 4) is 0 Å². The number of ether oxygens (including phenoxy) is 1. The number of halogens is 2. The number of rotatable bonds is 3. The van der Waals surface area contributed by atoms with Crippen molar-refractivity contribution in [2.45, 2.75) is 12.5 Å². The maximum Gasteiger partial charge on any atom is 0.227 e. The highest BCUT2D eigenvalue weighted by molar-refractivity contribution is 5.79. The molecule has 0 radical (unpaired) electrons. The van der Waals surface area contributed by atoms with Crippen LogP contribution in [0.25, 0.3) is 0 Å². The fourth-order valence-corrected chi connectivity index (χ4v) is 2.02. The van der Waals surface area contributed by atoms with Gasteiger partial charge in [-0.25, -0.2) is 8.78 Å². The zero-order valence-corrected chi connectivity index (χ0v) is 10.3. The summed E-state index contributed by atoms with van der Waals surface area (Å²) >= 11 is 0. The first-order chi connectivity index (χ1) is 9.11. The van der Waals surface area contributed by atoms with Crippen molar-refractivity contribution in [1.29, 1.82) is 0 Å². The molecule has 1 aliphatic rings. The van der Waals surface area contributed by atoms with Gasteiger partial charge >= 0.3 is 0 Å². The Morgan fingerprint density at radius 3 is 2.74 bits per heavy atom. The Kier molecular flexibility index (Phi) is 4.44. The maximum absolute atomic E-state index is 13.4. The van der Waals surface area contributed by atoms with Gasteiger partial charge in [-0.3, -0.25) is 4.79 Å². The molecular formula is C13H15F2NO3. The van der Waals surface area contributed by atoms with Crippen LogP contribution in [0.2, 0.25) is 0 Å². The van der Waals surface area contributed by atoms with Crippen molar-refractivity contribution in [2.24, 2.45) is 0 Å². The molecular weight excluding hydrogens is 256 g/mol. The quantitative estimate of drug-likeness (QED) is 0.881. The smallest absolute Gasteiger partial charge is 0.227 e. The second-order valence-corrected chi connectivity index (χ2v) is 4.39. The minimum atomic E-state index is -0.722. The summed E-state index contributed by atoms with van der Waals surface area (Å²) in [7, 11) is 0. The number of morpholine rings is 1. The van der Waals surface area contributed by atoms with Crippen LogP contribution in [0.1, 0.15) is 5.56 Å². The summed E-state index contributed by atoms with van der Waals surface area (Å²) < 4.78 is 32.1. The first kappa shape index (κ1) is 13.9. The summed E-state index contributed by atoms with van der Waals surface area (Å²) in [6.07, 6.45) is -0.750. The number of aliphatic hydroxyl groups is 1. The van der Waals surface area contributed by atoms with Crippen LogP contribution in [0.15, 0.2) is 18.2 Å². The first-order valence-corrected chi connectivity index (χ1v) is 6.05. The summed E-state index contributed by atoms with van der Waals surface area (Å²) in [5, 5.41) is 8.99. The monoisotopic (exact) mass is 271 g/mol. The summed E-state index contributed by atoms with van der Waals surface area (Å²) in [6, 6.07) is 3.51. The molecule has 19 heavy (non-hydrogen) atoms. The summed E-state index contributed by atoms with van der Waals surface area (Å²) in [4.78, 5) is 13.4. The van der Waals surface area contributed by atoms with Crippen LogP contribution in [0.5, 0.6) is 0 Å². The molecule has 2 rings (SSSR count). The minimum Gasteiger partial charge on any atom is -0.394 e. The second kappa shape index (κ2) is 6.08. The number of carbonyl (C=O) groups excluding carboxylic acids is 1. The lowest BCUT2D eigenvalue weighted by Gasteiger charge is -2.32. The van der Waals surface area contributed by atoms with Gasteiger partial charge in [0.05, 0.1) is 25.7 Å². The van der Waals surface area contributed by atoms with Gasteiger partial charge in [0.2, 0.25) is 5.91 Å². The molecule has 0 aliphatic carbocycles. The Balaban J connectivity index is 2.04. The van der Waals surface area contributed by atoms with E-state index in [-0.39, 0.29) is 31.0 Å². The van der Waals surface area contributed by atoms with Crippen molar-refractivity contribution in [2.75, 3.05) is 26.3 Å². The molecule has 0 spiro atoms. The average molecular weight is 271 g/mol. The van der Waals surface area contributed by atoms with Gasteiger partial charge < -0.3 is 14.7 Å². The van der Waals surface area contributed by atoms with Crippen LogP contribution >= 0.6 is 0 Å². The lowest BCUT2D eigenvalue weighted by molar-refractivity contribution is -0.139. The van der Waals surface area contributed by atoms with E-state index in [9.17, 15) is 13.6 Å². The van der Waals surface area contributed by atoms with Gasteiger partial charge in [0.25, 0.3) is 0 Å². The van der Waals surface area contributed by atoms with Crippen molar-refractivity contribution < 1.29 is 23.4 Å². The highest BCUT2D eigenvalue weighted by atomic mass is 19.1. The van der Waals surface area contributed by atoms with E-state index in [0.29, 0.717) is 13.2 Å². The SMILES string of the molecule is O=C(Cc1c(F)cccc1F)N1CCOC(CO)C1. The third-order valence-electron chi connectivity index (χ3n) is 3.08. The Labute approximate surface area is 109 Å². The summed E-state index contributed by atoms with van der Waals surface area (Å²) in [5.41, 5.74) is -0.223. The third kappa shape index (κ3) is 3.27. The van der Waals surface area contributed by atoms with E-state index in [0.717, 1.165) is 12.1 Å². The second-order valence-electron chi connectivity index (χ2n) is 4.39. The van der Waals surface area contributed by atoms with E-state index < -0.39 is 17.7 Å². The van der Waals surface area contributed by atoms with E-state index in [1.54, 1.807) is 0 Å². The molecule has 1 amide bonds. The topological polar surface area (TPSA) is 49.8 Å². The average Bonchev–Trinajstić information content (AvgIpc) is 2.43. The molecule has 104 valence electrons. The fourth-order valence-electron chi connectivity index (χ4n) is 2.02. The predicted octanol–water partition coefficient (Wildman–Crippen LogP) is 0.727. The van der Waals surface area contributed by atoms with Crippen LogP contribution in [0.4, 0.5) is 8.78 Å². The van der Waals surface area contributed by atoms with Gasteiger partial charge in [-0.05, 0) is 12.1 Å². The first-order valence-electron chi connectivity index (χ1n) is 6.05. The molecule has 1 aliphatic heterocycles. The van der Waals surface area contributed by atoms with Crippen molar-refractivity contribution in [3.05, 3.63) is 35.4 Å². The Morgan fingerprint density at radius 2 is 2.11 bits per heavy atom. The molecule has 1 saturated heterocycles. The molecule has 1 atom stereocenters. The maximum atomic E-state index is 13.4. The van der Waals surface area contributed by atoms with Crippen molar-refractivity contribution in [3.63, 3.8) is 0 Å². The summed E-state index contributed by atoms with van der Waals surface area (Å²) in [5.74, 6) is -1.81. The molecule has 4 nitrogen and oxygen atoms in total. The molecule has 1 fully saturated rings. The molecule has 6 heteroatoms. The van der Waals surface area contributed by atoms with Crippen LogP contribution < -0.4 is 0 Å². The van der Waals surface area contributed by atoms with Gasteiger partial charge in [0.15, 0.2) is 0 Å².